The number of esters is 1. The summed E-state index contributed by atoms with van der Waals surface area (Å²) in [6, 6.07) is 1.34. The zero-order valence-corrected chi connectivity index (χ0v) is 12.4. The summed E-state index contributed by atoms with van der Waals surface area (Å²) in [7, 11) is 0. The first-order chi connectivity index (χ1) is 8.86. The molecule has 0 radical (unpaired) electrons. The number of hydrogen-bond donors (Lipinski definition) is 2. The van der Waals surface area contributed by atoms with Crippen molar-refractivity contribution in [3.63, 3.8) is 0 Å². The van der Waals surface area contributed by atoms with Crippen molar-refractivity contribution in [3.05, 3.63) is 23.0 Å². The molecule has 19 heavy (non-hydrogen) atoms. The first-order valence-electron chi connectivity index (χ1n) is 6.08. The van der Waals surface area contributed by atoms with Crippen LogP contribution in [0.2, 0.25) is 0 Å². The maximum absolute atomic E-state index is 11.6. The van der Waals surface area contributed by atoms with Gasteiger partial charge in [0.25, 0.3) is 0 Å². The lowest BCUT2D eigenvalue weighted by Crippen LogP contribution is -2.29. The summed E-state index contributed by atoms with van der Waals surface area (Å²) < 4.78 is 4.96. The molecule has 0 aliphatic carbocycles. The molecule has 0 spiro atoms. The van der Waals surface area contributed by atoms with E-state index in [0.29, 0.717) is 17.9 Å². The van der Waals surface area contributed by atoms with Gasteiger partial charge in [0.05, 0.1) is 12.2 Å². The number of rotatable bonds is 5. The van der Waals surface area contributed by atoms with E-state index in [9.17, 15) is 4.79 Å². The zero-order chi connectivity index (χ0) is 14.6. The Balaban J connectivity index is 3.06. The molecular weight excluding hydrogens is 262 g/mol. The monoisotopic (exact) mass is 281 g/mol. The zero-order valence-electron chi connectivity index (χ0n) is 11.6. The topological polar surface area (TPSA) is 77.2 Å². The molecule has 1 aromatic rings. The van der Waals surface area contributed by atoms with Gasteiger partial charge in [-0.1, -0.05) is 12.2 Å². The predicted molar refractivity (Wildman–Crippen MR) is 79.3 cm³/mol. The molecule has 0 fully saturated rings. The normalized spacial score (nSPS) is 11.8. The van der Waals surface area contributed by atoms with E-state index < -0.39 is 6.04 Å². The van der Waals surface area contributed by atoms with Crippen molar-refractivity contribution in [3.8, 4) is 0 Å². The molecule has 3 N–H and O–H groups in total. The molecule has 104 valence electrons. The molecule has 0 amide bonds. The third-order valence-electron chi connectivity index (χ3n) is 2.59. The fourth-order valence-electron chi connectivity index (χ4n) is 1.81. The van der Waals surface area contributed by atoms with Gasteiger partial charge in [-0.05, 0) is 33.8 Å². The minimum atomic E-state index is -0.478. The number of carbonyl (C=O) groups is 1. The van der Waals surface area contributed by atoms with E-state index in [4.69, 9.17) is 22.7 Å². The number of nitrogens with two attached hydrogens (primary N) is 1. The van der Waals surface area contributed by atoms with Crippen LogP contribution in [0.15, 0.2) is 6.07 Å². The van der Waals surface area contributed by atoms with Gasteiger partial charge in [0.15, 0.2) is 0 Å². The summed E-state index contributed by atoms with van der Waals surface area (Å²) in [5.74, 6) is -0.316. The summed E-state index contributed by atoms with van der Waals surface area (Å²) in [6.07, 6.45) is 0. The maximum Gasteiger partial charge on any atom is 0.328 e. The Morgan fingerprint density at radius 2 is 2.21 bits per heavy atom. The summed E-state index contributed by atoms with van der Waals surface area (Å²) in [5.41, 5.74) is 8.65. The third-order valence-corrected chi connectivity index (χ3v) is 2.79. The minimum Gasteiger partial charge on any atom is -0.464 e. The van der Waals surface area contributed by atoms with Crippen LogP contribution in [-0.2, 0) is 9.53 Å². The van der Waals surface area contributed by atoms with E-state index in [-0.39, 0.29) is 11.0 Å². The van der Waals surface area contributed by atoms with Crippen LogP contribution in [0.25, 0.3) is 0 Å². The smallest absolute Gasteiger partial charge is 0.328 e. The Bertz CT molecular complexity index is 503. The van der Waals surface area contributed by atoms with Gasteiger partial charge in [0.2, 0.25) is 0 Å². The van der Waals surface area contributed by atoms with Gasteiger partial charge < -0.3 is 15.8 Å². The molecule has 1 aromatic heterocycles. The molecular formula is C13H19N3O2S. The quantitative estimate of drug-likeness (QED) is 0.632. The Morgan fingerprint density at radius 3 is 2.74 bits per heavy atom. The van der Waals surface area contributed by atoms with Crippen LogP contribution in [0.1, 0.15) is 30.8 Å². The van der Waals surface area contributed by atoms with Crippen LogP contribution >= 0.6 is 12.2 Å². The SMILES string of the molecule is CCOC(=O)C(C)Nc1cc(C)nc(C)c1C(N)=S. The van der Waals surface area contributed by atoms with Crippen molar-refractivity contribution in [2.45, 2.75) is 33.7 Å². The molecule has 0 bridgehead atoms. The van der Waals surface area contributed by atoms with Crippen molar-refractivity contribution < 1.29 is 9.53 Å². The third kappa shape index (κ3) is 3.89. The fourth-order valence-corrected chi connectivity index (χ4v) is 2.07. The second kappa shape index (κ2) is 6.47. The summed E-state index contributed by atoms with van der Waals surface area (Å²) in [4.78, 5) is 16.2. The maximum atomic E-state index is 11.6. The molecule has 1 unspecified atom stereocenters. The molecule has 0 saturated carbocycles. The van der Waals surface area contributed by atoms with Crippen LogP contribution in [0, 0.1) is 13.8 Å². The number of pyridine rings is 1. The molecule has 0 aliphatic heterocycles. The Hall–Kier alpha value is -1.69. The first-order valence-corrected chi connectivity index (χ1v) is 6.48. The number of aryl methyl sites for hydroxylation is 2. The van der Waals surface area contributed by atoms with Gasteiger partial charge in [0, 0.05) is 17.1 Å². The summed E-state index contributed by atoms with van der Waals surface area (Å²) >= 11 is 5.03. The lowest BCUT2D eigenvalue weighted by atomic mass is 10.1. The Morgan fingerprint density at radius 1 is 1.58 bits per heavy atom. The van der Waals surface area contributed by atoms with Crippen LogP contribution in [0.5, 0.6) is 0 Å². The lowest BCUT2D eigenvalue weighted by molar-refractivity contribution is -0.143. The van der Waals surface area contributed by atoms with Crippen molar-refractivity contribution >= 4 is 28.9 Å². The lowest BCUT2D eigenvalue weighted by Gasteiger charge is -2.18. The molecule has 0 saturated heterocycles. The van der Waals surface area contributed by atoms with Crippen LogP contribution in [0.4, 0.5) is 5.69 Å². The van der Waals surface area contributed by atoms with Crippen molar-refractivity contribution in [1.82, 2.24) is 4.98 Å². The first kappa shape index (κ1) is 15.4. The molecule has 5 nitrogen and oxygen atoms in total. The molecule has 1 heterocycles. The van der Waals surface area contributed by atoms with Gasteiger partial charge >= 0.3 is 5.97 Å². The highest BCUT2D eigenvalue weighted by atomic mass is 32.1. The number of thiocarbonyl (C=S) groups is 1. The van der Waals surface area contributed by atoms with E-state index in [1.165, 1.54) is 0 Å². The van der Waals surface area contributed by atoms with E-state index >= 15 is 0 Å². The number of anilines is 1. The van der Waals surface area contributed by atoms with E-state index in [2.05, 4.69) is 10.3 Å². The molecule has 0 aliphatic rings. The number of ether oxygens (including phenoxy) is 1. The molecule has 1 atom stereocenters. The van der Waals surface area contributed by atoms with Crippen LogP contribution in [0.3, 0.4) is 0 Å². The van der Waals surface area contributed by atoms with Gasteiger partial charge in [-0.2, -0.15) is 0 Å². The van der Waals surface area contributed by atoms with Gasteiger partial charge in [-0.25, -0.2) is 4.79 Å². The number of carbonyl (C=O) groups excluding carboxylic acids is 1. The molecule has 1 rings (SSSR count). The van der Waals surface area contributed by atoms with Crippen LogP contribution < -0.4 is 11.1 Å². The van der Waals surface area contributed by atoms with Gasteiger partial charge in [-0.15, -0.1) is 0 Å². The number of nitrogens with zero attached hydrogens (tertiary/aromatic N) is 1. The van der Waals surface area contributed by atoms with Gasteiger partial charge in [-0.3, -0.25) is 4.98 Å². The average Bonchev–Trinajstić information content (AvgIpc) is 2.27. The summed E-state index contributed by atoms with van der Waals surface area (Å²) in [5, 5.41) is 3.08. The minimum absolute atomic E-state index is 0.253. The largest absolute Gasteiger partial charge is 0.464 e. The fraction of sp³-hybridized carbons (Fsp3) is 0.462. The number of aromatic nitrogens is 1. The van der Waals surface area contributed by atoms with Gasteiger partial charge in [0.1, 0.15) is 11.0 Å². The average molecular weight is 281 g/mol. The van der Waals surface area contributed by atoms with Crippen molar-refractivity contribution in [2.24, 2.45) is 5.73 Å². The molecule has 0 aromatic carbocycles. The van der Waals surface area contributed by atoms with E-state index in [1.54, 1.807) is 13.8 Å². The van der Waals surface area contributed by atoms with Crippen molar-refractivity contribution in [1.29, 1.82) is 0 Å². The highest BCUT2D eigenvalue weighted by molar-refractivity contribution is 7.80. The molecule has 6 heteroatoms. The van der Waals surface area contributed by atoms with Crippen molar-refractivity contribution in [2.75, 3.05) is 11.9 Å². The highest BCUT2D eigenvalue weighted by Crippen LogP contribution is 2.20. The predicted octanol–water partition coefficient (Wildman–Crippen LogP) is 1.70. The van der Waals surface area contributed by atoms with E-state index in [1.807, 2.05) is 19.9 Å². The second-order valence-corrected chi connectivity index (χ2v) is 4.69. The van der Waals surface area contributed by atoms with E-state index in [0.717, 1.165) is 11.4 Å². The highest BCUT2D eigenvalue weighted by Gasteiger charge is 2.18. The number of nitrogens with one attached hydrogen (secondary N) is 1. The second-order valence-electron chi connectivity index (χ2n) is 4.25. The summed E-state index contributed by atoms with van der Waals surface area (Å²) in [6.45, 7) is 7.55. The standard InChI is InChI=1S/C13H19N3O2S/c1-5-18-13(17)9(4)16-10-6-7(2)15-8(3)11(10)12(14)19/h6,9H,5H2,1-4H3,(H2,14,19)(H,15,16). The Labute approximate surface area is 118 Å². The van der Waals surface area contributed by atoms with Crippen LogP contribution in [-0.4, -0.2) is 28.6 Å². The Kier molecular flexibility index (Phi) is 5.23. The number of hydrogen-bond acceptors (Lipinski definition) is 5.